The molecule has 1 heterocycles. The van der Waals surface area contributed by atoms with Crippen LogP contribution in [-0.4, -0.2) is 11.4 Å². The fourth-order valence-corrected chi connectivity index (χ4v) is 0.873. The lowest BCUT2D eigenvalue weighted by Crippen LogP contribution is -1.82. The molecule has 0 fully saturated rings. The van der Waals surface area contributed by atoms with Crippen molar-refractivity contribution in [2.24, 2.45) is 5.73 Å². The number of amides is 1. The zero-order valence-electron chi connectivity index (χ0n) is 8.66. The Kier molecular flexibility index (Phi) is 9.90. The smallest absolute Gasteiger partial charge is 0.204 e. The Labute approximate surface area is 99.9 Å². The first-order valence-electron chi connectivity index (χ1n) is 4.52. The van der Waals surface area contributed by atoms with E-state index in [-0.39, 0.29) is 6.41 Å². The number of pyridine rings is 1. The number of nitrogens with zero attached hydrogens (tertiary/aromatic N) is 1. The quantitative estimate of drug-likeness (QED) is 0.715. The number of rotatable bonds is 0. The molecule has 0 bridgehead atoms. The van der Waals surface area contributed by atoms with Crippen LogP contribution in [0.4, 0.5) is 0 Å². The van der Waals surface area contributed by atoms with E-state index in [0.717, 1.165) is 5.02 Å². The lowest BCUT2D eigenvalue weighted by atomic mass is 10.4. The average Bonchev–Trinajstić information content (AvgIpc) is 2.34. The van der Waals surface area contributed by atoms with Gasteiger partial charge in [0, 0.05) is 17.4 Å². The summed E-state index contributed by atoms with van der Waals surface area (Å²) in [5.74, 6) is 0. The van der Waals surface area contributed by atoms with Crippen LogP contribution >= 0.6 is 11.6 Å². The zero-order valence-corrected chi connectivity index (χ0v) is 9.42. The number of halogens is 1. The highest BCUT2D eigenvalue weighted by Crippen LogP contribution is 2.03. The first kappa shape index (κ1) is 14.1. The summed E-state index contributed by atoms with van der Waals surface area (Å²) in [5, 5.41) is 0.794. The molecule has 2 rings (SSSR count). The van der Waals surface area contributed by atoms with Crippen LogP contribution in [0.5, 0.6) is 0 Å². The number of carbonyl (C=O) groups is 1. The second-order valence-corrected chi connectivity index (χ2v) is 2.89. The second-order valence-electron chi connectivity index (χ2n) is 2.46. The molecule has 0 aliphatic carbocycles. The molecule has 16 heavy (non-hydrogen) atoms. The Hall–Kier alpha value is -1.87. The molecule has 2 aromatic rings. The summed E-state index contributed by atoms with van der Waals surface area (Å²) < 4.78 is 0. The van der Waals surface area contributed by atoms with E-state index >= 15 is 0 Å². The number of aromatic nitrogens is 1. The maximum atomic E-state index is 8.58. The third-order valence-corrected chi connectivity index (χ3v) is 1.55. The van der Waals surface area contributed by atoms with Crippen LogP contribution in [0.1, 0.15) is 0 Å². The molecule has 1 aromatic carbocycles. The average molecular weight is 237 g/mol. The van der Waals surface area contributed by atoms with Crippen LogP contribution in [-0.2, 0) is 4.79 Å². The molecular formula is C12H13ClN2O. The van der Waals surface area contributed by atoms with Gasteiger partial charge in [0.2, 0.25) is 6.41 Å². The Balaban J connectivity index is 0.000000230. The minimum absolute atomic E-state index is 0.250. The minimum atomic E-state index is 0.250. The molecule has 1 aromatic heterocycles. The molecule has 0 aliphatic rings. The van der Waals surface area contributed by atoms with E-state index in [4.69, 9.17) is 16.4 Å². The van der Waals surface area contributed by atoms with Gasteiger partial charge in [-0.05, 0) is 24.3 Å². The van der Waals surface area contributed by atoms with Crippen molar-refractivity contribution in [2.75, 3.05) is 0 Å². The number of benzene rings is 1. The highest BCUT2D eigenvalue weighted by Gasteiger charge is 1.74. The van der Waals surface area contributed by atoms with E-state index in [1.807, 2.05) is 48.5 Å². The fourth-order valence-electron chi connectivity index (χ4n) is 0.727. The van der Waals surface area contributed by atoms with Crippen LogP contribution in [0.15, 0.2) is 60.9 Å². The minimum Gasteiger partial charge on any atom is -0.372 e. The van der Waals surface area contributed by atoms with Crippen LogP contribution < -0.4 is 5.73 Å². The van der Waals surface area contributed by atoms with Gasteiger partial charge < -0.3 is 5.73 Å². The van der Waals surface area contributed by atoms with Gasteiger partial charge in [0.1, 0.15) is 0 Å². The summed E-state index contributed by atoms with van der Waals surface area (Å²) in [6.07, 6.45) is 3.75. The molecule has 2 N–H and O–H groups in total. The predicted octanol–water partition coefficient (Wildman–Crippen LogP) is 2.52. The van der Waals surface area contributed by atoms with Gasteiger partial charge in [-0.1, -0.05) is 35.9 Å². The summed E-state index contributed by atoms with van der Waals surface area (Å²) in [6, 6.07) is 15.2. The van der Waals surface area contributed by atoms with Crippen LogP contribution in [0.2, 0.25) is 5.02 Å². The zero-order chi connectivity index (χ0) is 12.1. The molecule has 0 saturated heterocycles. The number of hydrogen-bond acceptors (Lipinski definition) is 2. The Bertz CT molecular complexity index is 327. The lowest BCUT2D eigenvalue weighted by Gasteiger charge is -1.80. The Morgan fingerprint density at radius 2 is 1.44 bits per heavy atom. The summed E-state index contributed by atoms with van der Waals surface area (Å²) in [6.45, 7) is 0. The topological polar surface area (TPSA) is 56.0 Å². The van der Waals surface area contributed by atoms with Gasteiger partial charge in [-0.3, -0.25) is 9.78 Å². The molecule has 84 valence electrons. The molecule has 4 heteroatoms. The normalized spacial score (nSPS) is 7.56. The van der Waals surface area contributed by atoms with Crippen molar-refractivity contribution in [1.29, 1.82) is 0 Å². The van der Waals surface area contributed by atoms with Gasteiger partial charge in [-0.2, -0.15) is 0 Å². The number of nitrogens with two attached hydrogens (primary N) is 1. The molecule has 3 nitrogen and oxygen atoms in total. The Morgan fingerprint density at radius 1 is 1.00 bits per heavy atom. The van der Waals surface area contributed by atoms with Gasteiger partial charge in [-0.25, -0.2) is 0 Å². The van der Waals surface area contributed by atoms with Gasteiger partial charge in [0.05, 0.1) is 0 Å². The SMILES string of the molecule is Clc1ccccc1.NC=O.c1ccncc1. The second kappa shape index (κ2) is 11.2. The van der Waals surface area contributed by atoms with E-state index in [1.165, 1.54) is 0 Å². The fraction of sp³-hybridized carbons (Fsp3) is 0. The van der Waals surface area contributed by atoms with E-state index < -0.39 is 0 Å². The van der Waals surface area contributed by atoms with Crippen LogP contribution in [0.3, 0.4) is 0 Å². The van der Waals surface area contributed by atoms with Gasteiger partial charge in [0.15, 0.2) is 0 Å². The third-order valence-electron chi connectivity index (χ3n) is 1.30. The first-order chi connectivity index (χ1) is 7.81. The summed E-state index contributed by atoms with van der Waals surface area (Å²) >= 11 is 5.54. The van der Waals surface area contributed by atoms with Crippen molar-refractivity contribution in [1.82, 2.24) is 4.98 Å². The summed E-state index contributed by atoms with van der Waals surface area (Å²) in [5.41, 5.74) is 4.17. The summed E-state index contributed by atoms with van der Waals surface area (Å²) in [7, 11) is 0. The van der Waals surface area contributed by atoms with Crippen molar-refractivity contribution < 1.29 is 4.79 Å². The number of primary amides is 1. The monoisotopic (exact) mass is 236 g/mol. The molecule has 0 aliphatic heterocycles. The van der Waals surface area contributed by atoms with Gasteiger partial charge in [-0.15, -0.1) is 0 Å². The van der Waals surface area contributed by atoms with Crippen molar-refractivity contribution in [3.63, 3.8) is 0 Å². The molecular weight excluding hydrogens is 224 g/mol. The molecule has 0 atom stereocenters. The van der Waals surface area contributed by atoms with Gasteiger partial charge >= 0.3 is 0 Å². The lowest BCUT2D eigenvalue weighted by molar-refractivity contribution is -0.106. The highest BCUT2D eigenvalue weighted by molar-refractivity contribution is 6.30. The molecule has 0 radical (unpaired) electrons. The maximum absolute atomic E-state index is 8.58. The van der Waals surface area contributed by atoms with Crippen molar-refractivity contribution >= 4 is 18.0 Å². The third kappa shape index (κ3) is 10.2. The highest BCUT2D eigenvalue weighted by atomic mass is 35.5. The van der Waals surface area contributed by atoms with Crippen LogP contribution in [0, 0.1) is 0 Å². The molecule has 1 amide bonds. The van der Waals surface area contributed by atoms with E-state index in [0.29, 0.717) is 0 Å². The van der Waals surface area contributed by atoms with Crippen molar-refractivity contribution in [3.8, 4) is 0 Å². The van der Waals surface area contributed by atoms with E-state index in [9.17, 15) is 0 Å². The largest absolute Gasteiger partial charge is 0.372 e. The predicted molar refractivity (Wildman–Crippen MR) is 65.9 cm³/mol. The molecule has 0 saturated carbocycles. The standard InChI is InChI=1S/C6H5Cl.C5H5N.CH3NO/c7-6-4-2-1-3-5-6;1-2-4-6-5-3-1;2-1-3/h1-5H;1-5H;1H,(H2,2,3). The maximum Gasteiger partial charge on any atom is 0.204 e. The molecule has 0 unspecified atom stereocenters. The van der Waals surface area contributed by atoms with E-state index in [2.05, 4.69) is 10.7 Å². The van der Waals surface area contributed by atoms with Crippen LogP contribution in [0.25, 0.3) is 0 Å². The van der Waals surface area contributed by atoms with E-state index in [1.54, 1.807) is 12.4 Å². The molecule has 0 spiro atoms. The number of carbonyl (C=O) groups excluding carboxylic acids is 1. The van der Waals surface area contributed by atoms with Crippen molar-refractivity contribution in [2.45, 2.75) is 0 Å². The van der Waals surface area contributed by atoms with Crippen molar-refractivity contribution in [3.05, 3.63) is 65.9 Å². The Morgan fingerprint density at radius 3 is 1.62 bits per heavy atom. The van der Waals surface area contributed by atoms with Gasteiger partial charge in [0.25, 0.3) is 0 Å². The number of hydrogen-bond donors (Lipinski definition) is 1. The summed E-state index contributed by atoms with van der Waals surface area (Å²) in [4.78, 5) is 12.4. The first-order valence-corrected chi connectivity index (χ1v) is 4.90.